The summed E-state index contributed by atoms with van der Waals surface area (Å²) < 4.78 is 41.3. The molecule has 0 heterocycles. The van der Waals surface area contributed by atoms with Crippen molar-refractivity contribution in [3.05, 3.63) is 67.7 Å². The van der Waals surface area contributed by atoms with Crippen LogP contribution in [-0.2, 0) is 0 Å². The van der Waals surface area contributed by atoms with E-state index in [4.69, 9.17) is 40.5 Å². The van der Waals surface area contributed by atoms with Gasteiger partial charge in [0, 0.05) is 0 Å². The summed E-state index contributed by atoms with van der Waals surface area (Å²) in [6, 6.07) is 7.52. The molecule has 0 saturated carbocycles. The topological polar surface area (TPSA) is 74.2 Å². The zero-order valence-electron chi connectivity index (χ0n) is 17.1. The Balaban J connectivity index is 2.45. The van der Waals surface area contributed by atoms with Crippen LogP contribution in [0.2, 0.25) is 15.1 Å². The summed E-state index contributed by atoms with van der Waals surface area (Å²) in [5.74, 6) is -1.97. The number of allylic oxidation sites excluding steroid dienone is 1. The van der Waals surface area contributed by atoms with Gasteiger partial charge in [-0.1, -0.05) is 53.9 Å². The third kappa shape index (κ3) is 6.32. The highest BCUT2D eigenvalue weighted by Gasteiger charge is 2.39. The molecule has 3 N–H and O–H groups in total. The smallest absolute Gasteiger partial charge is 0.390 e. The number of nitriles is 1. The van der Waals surface area contributed by atoms with Gasteiger partial charge in [0.1, 0.15) is 12.2 Å². The summed E-state index contributed by atoms with van der Waals surface area (Å²) in [4.78, 5) is 4.08. The Morgan fingerprint density at radius 1 is 1.19 bits per heavy atom. The number of nitrogens with zero attached hydrogens (tertiary/aromatic N) is 2. The fourth-order valence-corrected chi connectivity index (χ4v) is 3.69. The van der Waals surface area contributed by atoms with Gasteiger partial charge < -0.3 is 11.1 Å². The number of nitrogens with two attached hydrogens (primary N) is 1. The lowest BCUT2D eigenvalue weighted by molar-refractivity contribution is -0.139. The number of halogens is 6. The maximum atomic E-state index is 13.8. The molecule has 2 aromatic rings. The number of aliphatic imine (C=N–C) groups is 1. The lowest BCUT2D eigenvalue weighted by Crippen LogP contribution is -2.19. The van der Waals surface area contributed by atoms with E-state index in [2.05, 4.69) is 16.4 Å². The van der Waals surface area contributed by atoms with Crippen molar-refractivity contribution in [2.45, 2.75) is 38.5 Å². The summed E-state index contributed by atoms with van der Waals surface area (Å²) >= 11 is 17.7. The second kappa shape index (κ2) is 11.0. The molecular weight excluding hydrogens is 484 g/mol. The number of aryl methyl sites for hydroxylation is 1. The SMILES string of the molecule is CCC(/N=C\N)Nc1c(C)cc(/C=C/C(c2cc(Cl)c(Cl)c(Cl)c2)C(F)(F)F)cc1C#N. The molecule has 0 radical (unpaired) electrons. The molecule has 0 fully saturated rings. The highest BCUT2D eigenvalue weighted by atomic mass is 35.5. The average Bonchev–Trinajstić information content (AvgIpc) is 2.71. The number of hydrogen-bond acceptors (Lipinski definition) is 3. The molecule has 170 valence electrons. The van der Waals surface area contributed by atoms with E-state index in [0.29, 0.717) is 23.2 Å². The number of anilines is 1. The van der Waals surface area contributed by atoms with E-state index in [1.807, 2.05) is 6.92 Å². The molecule has 0 amide bonds. The molecule has 2 aromatic carbocycles. The first-order valence-corrected chi connectivity index (χ1v) is 10.6. The molecule has 2 unspecified atom stereocenters. The van der Waals surface area contributed by atoms with Crippen LogP contribution < -0.4 is 11.1 Å². The van der Waals surface area contributed by atoms with E-state index >= 15 is 0 Å². The first kappa shape index (κ1) is 25.9. The first-order chi connectivity index (χ1) is 15.0. The molecule has 0 aliphatic rings. The van der Waals surface area contributed by atoms with Gasteiger partial charge in [-0.15, -0.1) is 0 Å². The zero-order valence-corrected chi connectivity index (χ0v) is 19.4. The van der Waals surface area contributed by atoms with Gasteiger partial charge >= 0.3 is 6.18 Å². The second-order valence-corrected chi connectivity index (χ2v) is 8.11. The van der Waals surface area contributed by atoms with Gasteiger partial charge in [-0.05, 0) is 54.3 Å². The van der Waals surface area contributed by atoms with Gasteiger partial charge in [-0.2, -0.15) is 18.4 Å². The van der Waals surface area contributed by atoms with E-state index in [9.17, 15) is 18.4 Å². The van der Waals surface area contributed by atoms with Crippen molar-refractivity contribution in [2.24, 2.45) is 10.7 Å². The Labute approximate surface area is 199 Å². The predicted molar refractivity (Wildman–Crippen MR) is 126 cm³/mol. The van der Waals surface area contributed by atoms with E-state index in [0.717, 1.165) is 18.2 Å². The fourth-order valence-electron chi connectivity index (χ4n) is 3.08. The minimum Gasteiger partial charge on any atom is -0.390 e. The number of hydrogen-bond donors (Lipinski definition) is 2. The van der Waals surface area contributed by atoms with Crippen LogP contribution in [0.4, 0.5) is 18.9 Å². The Bertz CT molecular complexity index is 1050. The van der Waals surface area contributed by atoms with Crippen molar-refractivity contribution in [1.29, 1.82) is 5.26 Å². The third-order valence-electron chi connectivity index (χ3n) is 4.64. The average molecular weight is 504 g/mol. The van der Waals surface area contributed by atoms with Gasteiger partial charge in [0.25, 0.3) is 0 Å². The maximum absolute atomic E-state index is 13.8. The lowest BCUT2D eigenvalue weighted by Gasteiger charge is -2.19. The Kier molecular flexibility index (Phi) is 8.85. The molecule has 0 aliphatic heterocycles. The number of alkyl halides is 3. The predicted octanol–water partition coefficient (Wildman–Crippen LogP) is 7.32. The summed E-state index contributed by atoms with van der Waals surface area (Å²) in [6.45, 7) is 3.65. The number of nitrogens with one attached hydrogen (secondary N) is 1. The monoisotopic (exact) mass is 502 g/mol. The van der Waals surface area contributed by atoms with E-state index in [1.165, 1.54) is 18.5 Å². The fraction of sp³-hybridized carbons (Fsp3) is 0.273. The molecular formula is C22H20Cl3F3N4. The molecule has 0 aromatic heterocycles. The molecule has 0 spiro atoms. The van der Waals surface area contributed by atoms with Crippen molar-refractivity contribution in [1.82, 2.24) is 0 Å². The van der Waals surface area contributed by atoms with Crippen LogP contribution in [0.25, 0.3) is 6.08 Å². The van der Waals surface area contributed by atoms with Crippen LogP contribution in [0.3, 0.4) is 0 Å². The standard InChI is InChI=1S/C22H20Cl3F3N4/c1-3-19(31-11-30)32-21-12(2)6-13(7-15(21)10-29)4-5-16(22(26,27)28)14-8-17(23)20(25)18(24)9-14/h4-9,11,16,19,32H,3H2,1-2H3,(H2,30,31)/b5-4+. The molecule has 4 nitrogen and oxygen atoms in total. The molecule has 32 heavy (non-hydrogen) atoms. The van der Waals surface area contributed by atoms with Crippen LogP contribution in [0, 0.1) is 18.3 Å². The second-order valence-electron chi connectivity index (χ2n) is 6.92. The van der Waals surface area contributed by atoms with Crippen molar-refractivity contribution in [3.8, 4) is 6.07 Å². The normalized spacial score (nSPS) is 14.0. The van der Waals surface area contributed by atoms with Crippen LogP contribution in [-0.4, -0.2) is 18.7 Å². The molecule has 0 saturated heterocycles. The van der Waals surface area contributed by atoms with E-state index in [-0.39, 0.29) is 32.4 Å². The Morgan fingerprint density at radius 2 is 1.81 bits per heavy atom. The highest BCUT2D eigenvalue weighted by molar-refractivity contribution is 6.48. The molecule has 2 rings (SSSR count). The molecule has 0 aliphatic carbocycles. The van der Waals surface area contributed by atoms with Crippen LogP contribution in [0.1, 0.15) is 41.5 Å². The number of rotatable bonds is 7. The summed E-state index contributed by atoms with van der Waals surface area (Å²) in [5.41, 5.74) is 7.13. The molecule has 2 atom stereocenters. The van der Waals surface area contributed by atoms with Crippen LogP contribution >= 0.6 is 34.8 Å². The Morgan fingerprint density at radius 3 is 2.31 bits per heavy atom. The van der Waals surface area contributed by atoms with Crippen molar-refractivity contribution < 1.29 is 13.2 Å². The third-order valence-corrected chi connectivity index (χ3v) is 5.84. The minimum atomic E-state index is -4.60. The zero-order chi connectivity index (χ0) is 24.1. The van der Waals surface area contributed by atoms with Gasteiger partial charge in [0.05, 0.1) is 38.6 Å². The minimum absolute atomic E-state index is 0.0104. The number of benzene rings is 2. The van der Waals surface area contributed by atoms with Gasteiger partial charge in [-0.25, -0.2) is 0 Å². The van der Waals surface area contributed by atoms with Gasteiger partial charge in [-0.3, -0.25) is 4.99 Å². The Hall–Kier alpha value is -2.40. The molecule has 10 heteroatoms. The molecule has 0 bridgehead atoms. The van der Waals surface area contributed by atoms with Gasteiger partial charge in [0.2, 0.25) is 0 Å². The quantitative estimate of drug-likeness (QED) is 0.236. The summed E-state index contributed by atoms with van der Waals surface area (Å²) in [5, 5.41) is 12.5. The summed E-state index contributed by atoms with van der Waals surface area (Å²) in [6.07, 6.45) is -0.833. The van der Waals surface area contributed by atoms with Crippen molar-refractivity contribution >= 4 is 52.9 Å². The summed E-state index contributed by atoms with van der Waals surface area (Å²) in [7, 11) is 0. The van der Waals surface area contributed by atoms with Crippen LogP contribution in [0.15, 0.2) is 35.3 Å². The van der Waals surface area contributed by atoms with Crippen molar-refractivity contribution in [3.63, 3.8) is 0 Å². The van der Waals surface area contributed by atoms with E-state index < -0.39 is 12.1 Å². The maximum Gasteiger partial charge on any atom is 0.399 e. The van der Waals surface area contributed by atoms with Gasteiger partial charge in [0.15, 0.2) is 0 Å². The first-order valence-electron chi connectivity index (χ1n) is 9.45. The van der Waals surface area contributed by atoms with E-state index in [1.54, 1.807) is 13.0 Å². The van der Waals surface area contributed by atoms with Crippen LogP contribution in [0.5, 0.6) is 0 Å². The highest BCUT2D eigenvalue weighted by Crippen LogP contribution is 2.41. The van der Waals surface area contributed by atoms with Crippen molar-refractivity contribution in [2.75, 3.05) is 5.32 Å². The largest absolute Gasteiger partial charge is 0.399 e. The lowest BCUT2D eigenvalue weighted by atomic mass is 9.96.